The molecule has 8 nitrogen and oxygen atoms in total. The number of benzene rings is 1. The molecule has 5 atom stereocenters. The van der Waals surface area contributed by atoms with Crippen molar-refractivity contribution in [3.05, 3.63) is 29.3 Å². The van der Waals surface area contributed by atoms with Gasteiger partial charge in [0.15, 0.2) is 0 Å². The number of hydrogen-bond acceptors (Lipinski definition) is 7. The predicted molar refractivity (Wildman–Crippen MR) is 131 cm³/mol. The highest BCUT2D eigenvalue weighted by atomic mass is 16.5. The first-order valence-electron chi connectivity index (χ1n) is 12.5. The van der Waals surface area contributed by atoms with Crippen LogP contribution in [0.4, 0.5) is 0 Å². The Morgan fingerprint density at radius 3 is 2.71 bits per heavy atom. The third-order valence-corrected chi connectivity index (χ3v) is 6.92. The summed E-state index contributed by atoms with van der Waals surface area (Å²) >= 11 is 0. The number of nitrogens with two attached hydrogens (primary N) is 1. The highest BCUT2D eigenvalue weighted by Crippen LogP contribution is 2.29. The number of nitrogens with zero attached hydrogens (tertiary/aromatic N) is 1. The minimum atomic E-state index is -0.710. The molecule has 8 heteroatoms. The van der Waals surface area contributed by atoms with Crippen molar-refractivity contribution in [1.82, 2.24) is 10.2 Å². The quantitative estimate of drug-likeness (QED) is 0.501. The zero-order valence-electron chi connectivity index (χ0n) is 21.0. The van der Waals surface area contributed by atoms with Crippen LogP contribution in [0.1, 0.15) is 57.1 Å². The summed E-state index contributed by atoms with van der Waals surface area (Å²) in [5, 5.41) is 2.60. The first-order chi connectivity index (χ1) is 16.3. The van der Waals surface area contributed by atoms with Gasteiger partial charge in [-0.3, -0.25) is 9.69 Å². The summed E-state index contributed by atoms with van der Waals surface area (Å²) in [6.45, 7) is 7.53. The molecule has 2 aliphatic rings. The third kappa shape index (κ3) is 7.17. The van der Waals surface area contributed by atoms with Crippen LogP contribution in [0.15, 0.2) is 18.2 Å². The second-order valence-electron chi connectivity index (χ2n) is 9.68. The Bertz CT molecular complexity index is 831. The molecule has 0 spiro atoms. The summed E-state index contributed by atoms with van der Waals surface area (Å²) in [6.07, 6.45) is 6.22. The summed E-state index contributed by atoms with van der Waals surface area (Å²) in [5.74, 6) is 0.145. The first kappa shape index (κ1) is 26.4. The van der Waals surface area contributed by atoms with Gasteiger partial charge in [0.05, 0.1) is 25.9 Å². The minimum Gasteiger partial charge on any atom is -0.496 e. The number of carbonyl (C=O) groups excluding carboxylic acids is 2. The number of esters is 1. The number of hydrogen-bond donors (Lipinski definition) is 2. The summed E-state index contributed by atoms with van der Waals surface area (Å²) in [6, 6.07) is 5.30. The van der Waals surface area contributed by atoms with E-state index >= 15 is 0 Å². The third-order valence-electron chi connectivity index (χ3n) is 6.92. The summed E-state index contributed by atoms with van der Waals surface area (Å²) < 4.78 is 17.5. The Morgan fingerprint density at radius 2 is 1.97 bits per heavy atom. The topological polar surface area (TPSA) is 103 Å². The number of aryl methyl sites for hydroxylation is 1. The summed E-state index contributed by atoms with van der Waals surface area (Å²) in [4.78, 5) is 26.6. The molecule has 1 saturated carbocycles. The maximum absolute atomic E-state index is 12.4. The van der Waals surface area contributed by atoms with Crippen molar-refractivity contribution in [3.63, 3.8) is 0 Å². The first-order valence-corrected chi connectivity index (χ1v) is 12.5. The molecule has 2 unspecified atom stereocenters. The van der Waals surface area contributed by atoms with Crippen LogP contribution in [0, 0.1) is 6.92 Å². The Hall–Kier alpha value is -2.16. The molecule has 0 bridgehead atoms. The standard InChI is InChI=1S/C26H41N3O5/c1-17-9-10-20(15-24(17)32-4)12-14-33-23-8-6-5-7-22(23)29-13-11-21(16-29)34-26(31)19(3)28-25(30)18(2)27/h9-10,15,18-19,21-23H,5-8,11-14,16,27H2,1-4H3,(H,28,30)/t18?,19?,21-,22-,23-/m1/s1. The molecular formula is C26H41N3O5. The molecule has 1 aromatic carbocycles. The maximum atomic E-state index is 12.4. The van der Waals surface area contributed by atoms with Crippen LogP contribution in [-0.4, -0.2) is 73.9 Å². The predicted octanol–water partition coefficient (Wildman–Crippen LogP) is 2.34. The highest BCUT2D eigenvalue weighted by molar-refractivity contribution is 5.86. The van der Waals surface area contributed by atoms with Gasteiger partial charge in [0.2, 0.25) is 5.91 Å². The molecule has 2 fully saturated rings. The van der Waals surface area contributed by atoms with Crippen LogP contribution < -0.4 is 15.8 Å². The van der Waals surface area contributed by atoms with Crippen LogP contribution >= 0.6 is 0 Å². The lowest BCUT2D eigenvalue weighted by Gasteiger charge is -2.37. The van der Waals surface area contributed by atoms with E-state index in [-0.39, 0.29) is 18.1 Å². The summed E-state index contributed by atoms with van der Waals surface area (Å²) in [7, 11) is 1.70. The lowest BCUT2D eigenvalue weighted by Crippen LogP contribution is -2.48. The fourth-order valence-corrected chi connectivity index (χ4v) is 4.86. The molecule has 1 saturated heterocycles. The van der Waals surface area contributed by atoms with Gasteiger partial charge in [-0.25, -0.2) is 4.79 Å². The molecule has 1 aliphatic carbocycles. The molecule has 0 radical (unpaired) electrons. The van der Waals surface area contributed by atoms with Gasteiger partial charge < -0.3 is 25.3 Å². The molecule has 1 amide bonds. The van der Waals surface area contributed by atoms with Gasteiger partial charge in [0.1, 0.15) is 17.9 Å². The Kier molecular flexibility index (Phi) is 9.74. The second kappa shape index (κ2) is 12.5. The Labute approximate surface area is 203 Å². The Balaban J connectivity index is 1.47. The van der Waals surface area contributed by atoms with Gasteiger partial charge in [-0.15, -0.1) is 0 Å². The van der Waals surface area contributed by atoms with Gasteiger partial charge in [-0.2, -0.15) is 0 Å². The SMILES string of the molecule is COc1cc(CCO[C@@H]2CCCC[C@H]2N2CC[C@@H](OC(=O)C(C)NC(=O)C(C)N)C2)ccc1C. The van der Waals surface area contributed by atoms with E-state index in [2.05, 4.69) is 28.4 Å². The molecule has 190 valence electrons. The van der Waals surface area contributed by atoms with Gasteiger partial charge in [0.25, 0.3) is 0 Å². The smallest absolute Gasteiger partial charge is 0.328 e. The number of rotatable bonds is 10. The molecule has 3 N–H and O–H groups in total. The zero-order chi connectivity index (χ0) is 24.7. The second-order valence-corrected chi connectivity index (χ2v) is 9.68. The van der Waals surface area contributed by atoms with Crippen molar-refractivity contribution < 1.29 is 23.8 Å². The molecule has 0 aromatic heterocycles. The fourth-order valence-electron chi connectivity index (χ4n) is 4.86. The number of carbonyl (C=O) groups is 2. The zero-order valence-corrected chi connectivity index (χ0v) is 21.0. The fraction of sp³-hybridized carbons (Fsp3) is 0.692. The van der Waals surface area contributed by atoms with Crippen molar-refractivity contribution in [2.24, 2.45) is 5.73 Å². The van der Waals surface area contributed by atoms with Gasteiger partial charge >= 0.3 is 5.97 Å². The van der Waals surface area contributed by atoms with E-state index < -0.39 is 18.1 Å². The maximum Gasteiger partial charge on any atom is 0.328 e. The van der Waals surface area contributed by atoms with E-state index in [1.165, 1.54) is 18.4 Å². The van der Waals surface area contributed by atoms with Crippen LogP contribution in [0.2, 0.25) is 0 Å². The van der Waals surface area contributed by atoms with E-state index in [1.807, 2.05) is 6.92 Å². The molecule has 1 aliphatic heterocycles. The van der Waals surface area contributed by atoms with E-state index in [4.69, 9.17) is 19.9 Å². The van der Waals surface area contributed by atoms with Crippen LogP contribution in [0.25, 0.3) is 0 Å². The minimum absolute atomic E-state index is 0.162. The number of methoxy groups -OCH3 is 1. The Morgan fingerprint density at radius 1 is 1.21 bits per heavy atom. The van der Waals surface area contributed by atoms with E-state index in [0.717, 1.165) is 43.5 Å². The van der Waals surface area contributed by atoms with Crippen molar-refractivity contribution in [1.29, 1.82) is 0 Å². The van der Waals surface area contributed by atoms with Crippen molar-refractivity contribution in [2.45, 2.75) is 89.6 Å². The van der Waals surface area contributed by atoms with Crippen LogP contribution in [0.3, 0.4) is 0 Å². The number of ether oxygens (including phenoxy) is 3. The molecular weight excluding hydrogens is 434 g/mol. The van der Waals surface area contributed by atoms with Gasteiger partial charge in [-0.05, 0) is 63.6 Å². The number of nitrogens with one attached hydrogen (secondary N) is 1. The number of likely N-dealkylation sites (tertiary alicyclic amines) is 1. The molecule has 1 aromatic rings. The van der Waals surface area contributed by atoms with Gasteiger partial charge in [0, 0.05) is 19.1 Å². The lowest BCUT2D eigenvalue weighted by atomic mass is 9.91. The highest BCUT2D eigenvalue weighted by Gasteiger charge is 2.37. The number of amides is 1. The van der Waals surface area contributed by atoms with Crippen molar-refractivity contribution >= 4 is 11.9 Å². The van der Waals surface area contributed by atoms with E-state index in [0.29, 0.717) is 19.2 Å². The van der Waals surface area contributed by atoms with Crippen molar-refractivity contribution in [2.75, 3.05) is 26.8 Å². The van der Waals surface area contributed by atoms with E-state index in [1.54, 1.807) is 21.0 Å². The average molecular weight is 476 g/mol. The van der Waals surface area contributed by atoms with Crippen LogP contribution in [0.5, 0.6) is 5.75 Å². The largest absolute Gasteiger partial charge is 0.496 e. The average Bonchev–Trinajstić information content (AvgIpc) is 3.28. The molecule has 1 heterocycles. The monoisotopic (exact) mass is 475 g/mol. The van der Waals surface area contributed by atoms with Gasteiger partial charge in [-0.1, -0.05) is 25.0 Å². The normalized spacial score (nSPS) is 24.9. The van der Waals surface area contributed by atoms with E-state index in [9.17, 15) is 9.59 Å². The van der Waals surface area contributed by atoms with Crippen molar-refractivity contribution in [3.8, 4) is 5.75 Å². The van der Waals surface area contributed by atoms with Crippen LogP contribution in [-0.2, 0) is 25.5 Å². The summed E-state index contributed by atoms with van der Waals surface area (Å²) in [5.41, 5.74) is 7.91. The lowest BCUT2D eigenvalue weighted by molar-refractivity contribution is -0.152. The molecule has 3 rings (SSSR count). The molecule has 34 heavy (non-hydrogen) atoms.